The summed E-state index contributed by atoms with van der Waals surface area (Å²) in [5, 5.41) is 4.29. The second-order valence-corrected chi connectivity index (χ2v) is 9.63. The van der Waals surface area contributed by atoms with Crippen molar-refractivity contribution in [2.45, 2.75) is 25.4 Å². The van der Waals surface area contributed by atoms with Crippen LogP contribution in [0.25, 0.3) is 22.6 Å². The van der Waals surface area contributed by atoms with E-state index in [4.69, 9.17) is 4.42 Å². The fourth-order valence-electron chi connectivity index (χ4n) is 3.39. The lowest BCUT2D eigenvalue weighted by molar-refractivity contribution is -0.0882. The van der Waals surface area contributed by atoms with E-state index in [2.05, 4.69) is 10.3 Å². The number of alkyl halides is 3. The van der Waals surface area contributed by atoms with Gasteiger partial charge in [-0.2, -0.15) is 13.2 Å². The molecule has 0 bridgehead atoms. The Hall–Kier alpha value is -3.79. The van der Waals surface area contributed by atoms with E-state index in [1.165, 1.54) is 29.8 Å². The summed E-state index contributed by atoms with van der Waals surface area (Å²) < 4.78 is 56.8. The number of thiophene rings is 1. The summed E-state index contributed by atoms with van der Waals surface area (Å²) in [5.74, 6) is -2.32. The predicted octanol–water partition coefficient (Wildman–Crippen LogP) is 6.66. The van der Waals surface area contributed by atoms with E-state index in [-0.39, 0.29) is 18.3 Å². The number of benzene rings is 2. The standard InChI is InChI=1S/C26H20F4N2O3S/c1-25(2,21-12-35-24(32-21)15-6-8-19(27)9-7-15)14-31-23(34)17-5-3-4-16(10-17)18-11-20(36-13-18)22(33)26(28,29)30/h3-13H,14H2,1-2H3,(H,31,34). The number of halogens is 4. The summed E-state index contributed by atoms with van der Waals surface area (Å²) in [4.78, 5) is 28.3. The van der Waals surface area contributed by atoms with Gasteiger partial charge in [0, 0.05) is 23.1 Å². The minimum atomic E-state index is -4.94. The number of oxazole rings is 1. The fraction of sp³-hybridized carbons (Fsp3) is 0.192. The van der Waals surface area contributed by atoms with Gasteiger partial charge in [-0.25, -0.2) is 9.37 Å². The lowest BCUT2D eigenvalue weighted by Gasteiger charge is -2.22. The highest BCUT2D eigenvalue weighted by atomic mass is 32.1. The van der Waals surface area contributed by atoms with Gasteiger partial charge >= 0.3 is 6.18 Å². The van der Waals surface area contributed by atoms with E-state index in [0.29, 0.717) is 45.2 Å². The van der Waals surface area contributed by atoms with Crippen LogP contribution in [0.2, 0.25) is 0 Å². The van der Waals surface area contributed by atoms with E-state index >= 15 is 0 Å². The normalized spacial score (nSPS) is 11.9. The molecule has 0 radical (unpaired) electrons. The van der Waals surface area contributed by atoms with E-state index in [1.807, 2.05) is 13.8 Å². The summed E-state index contributed by atoms with van der Waals surface area (Å²) >= 11 is 0.701. The molecule has 186 valence electrons. The minimum Gasteiger partial charge on any atom is -0.444 e. The SMILES string of the molecule is CC(C)(CNC(=O)c1cccc(-c2csc(C(=O)C(F)(F)F)c2)c1)c1coc(-c2ccc(F)cc2)n1. The Morgan fingerprint density at radius 2 is 1.72 bits per heavy atom. The van der Waals surface area contributed by atoms with Gasteiger partial charge in [-0.1, -0.05) is 26.0 Å². The van der Waals surface area contributed by atoms with E-state index in [0.717, 1.165) is 0 Å². The van der Waals surface area contributed by atoms with Crippen molar-refractivity contribution in [3.8, 4) is 22.6 Å². The zero-order chi connectivity index (χ0) is 26.1. The molecule has 1 N–H and O–H groups in total. The topological polar surface area (TPSA) is 72.2 Å². The second kappa shape index (κ2) is 9.69. The number of hydrogen-bond donors (Lipinski definition) is 1. The number of carbonyl (C=O) groups is 2. The van der Waals surface area contributed by atoms with Gasteiger partial charge in [0.15, 0.2) is 0 Å². The van der Waals surface area contributed by atoms with E-state index < -0.39 is 22.3 Å². The fourth-order valence-corrected chi connectivity index (χ4v) is 4.27. The molecule has 2 aromatic carbocycles. The number of Topliss-reactive ketones (excluding diaryl/α,β-unsaturated/α-hetero) is 1. The largest absolute Gasteiger partial charge is 0.455 e. The molecule has 10 heteroatoms. The summed E-state index contributed by atoms with van der Waals surface area (Å²) in [5.41, 5.74) is 1.85. The number of nitrogens with zero attached hydrogens (tertiary/aromatic N) is 1. The van der Waals surface area contributed by atoms with Crippen LogP contribution in [-0.2, 0) is 5.41 Å². The molecule has 0 fully saturated rings. The van der Waals surface area contributed by atoms with Gasteiger partial charge < -0.3 is 9.73 Å². The van der Waals surface area contributed by atoms with Crippen LogP contribution in [0.4, 0.5) is 17.6 Å². The molecule has 0 atom stereocenters. The summed E-state index contributed by atoms with van der Waals surface area (Å²) in [6.07, 6.45) is -3.46. The lowest BCUT2D eigenvalue weighted by atomic mass is 9.90. The molecule has 1 amide bonds. The number of hydrogen-bond acceptors (Lipinski definition) is 5. The molecule has 0 spiro atoms. The van der Waals surface area contributed by atoms with Crippen molar-refractivity contribution in [2.24, 2.45) is 0 Å². The molecule has 4 rings (SSSR count). The number of nitrogens with one attached hydrogen (secondary N) is 1. The third-order valence-corrected chi connectivity index (χ3v) is 6.45. The highest BCUT2D eigenvalue weighted by Gasteiger charge is 2.40. The number of carbonyl (C=O) groups excluding carboxylic acids is 2. The van der Waals surface area contributed by atoms with E-state index in [1.54, 1.807) is 36.4 Å². The van der Waals surface area contributed by atoms with Crippen molar-refractivity contribution in [3.05, 3.63) is 88.2 Å². The maximum atomic E-state index is 13.2. The molecule has 5 nitrogen and oxygen atoms in total. The third kappa shape index (κ3) is 5.54. The average molecular weight is 517 g/mol. The predicted molar refractivity (Wildman–Crippen MR) is 127 cm³/mol. The summed E-state index contributed by atoms with van der Waals surface area (Å²) in [6, 6.07) is 13.3. The zero-order valence-corrected chi connectivity index (χ0v) is 20.0. The monoisotopic (exact) mass is 516 g/mol. The van der Waals surface area contributed by atoms with E-state index in [9.17, 15) is 27.2 Å². The van der Waals surface area contributed by atoms with Crippen molar-refractivity contribution >= 4 is 23.0 Å². The van der Waals surface area contributed by atoms with Crippen molar-refractivity contribution in [3.63, 3.8) is 0 Å². The Kier molecular flexibility index (Phi) is 6.81. The molecule has 2 heterocycles. The van der Waals surface area contributed by atoms with Gasteiger partial charge in [-0.15, -0.1) is 11.3 Å². The molecule has 0 aliphatic carbocycles. The minimum absolute atomic E-state index is 0.216. The van der Waals surface area contributed by atoms with Crippen molar-refractivity contribution in [1.29, 1.82) is 0 Å². The van der Waals surface area contributed by atoms with Crippen LogP contribution in [0, 0.1) is 5.82 Å². The average Bonchev–Trinajstić information content (AvgIpc) is 3.53. The third-order valence-electron chi connectivity index (χ3n) is 5.52. The molecule has 0 aliphatic rings. The van der Waals surface area contributed by atoms with Crippen LogP contribution in [0.5, 0.6) is 0 Å². The Morgan fingerprint density at radius 3 is 2.42 bits per heavy atom. The highest BCUT2D eigenvalue weighted by Crippen LogP contribution is 2.31. The van der Waals surface area contributed by atoms with Gasteiger partial charge in [0.05, 0.1) is 10.6 Å². The summed E-state index contributed by atoms with van der Waals surface area (Å²) in [6.45, 7) is 3.97. The maximum Gasteiger partial charge on any atom is 0.455 e. The summed E-state index contributed by atoms with van der Waals surface area (Å²) in [7, 11) is 0. The first-order valence-corrected chi connectivity index (χ1v) is 11.6. The Morgan fingerprint density at radius 1 is 1.00 bits per heavy atom. The number of rotatable bonds is 7. The molecule has 0 unspecified atom stereocenters. The quantitative estimate of drug-likeness (QED) is 0.220. The van der Waals surface area contributed by atoms with Crippen LogP contribution in [-0.4, -0.2) is 29.4 Å². The zero-order valence-electron chi connectivity index (χ0n) is 19.2. The molecular weight excluding hydrogens is 496 g/mol. The van der Waals surface area contributed by atoms with Crippen molar-refractivity contribution in [1.82, 2.24) is 10.3 Å². The van der Waals surface area contributed by atoms with Crippen LogP contribution in [0.1, 0.15) is 39.6 Å². The molecule has 0 aliphatic heterocycles. The van der Waals surface area contributed by atoms with Gasteiger partial charge in [0.25, 0.3) is 11.7 Å². The molecular formula is C26H20F4N2O3S. The molecule has 4 aromatic rings. The first-order valence-electron chi connectivity index (χ1n) is 10.7. The maximum absolute atomic E-state index is 13.2. The Balaban J connectivity index is 1.44. The van der Waals surface area contributed by atoms with Crippen LogP contribution in [0.15, 0.2) is 70.7 Å². The first-order chi connectivity index (χ1) is 16.9. The molecule has 0 saturated heterocycles. The molecule has 36 heavy (non-hydrogen) atoms. The lowest BCUT2D eigenvalue weighted by Crippen LogP contribution is -2.37. The van der Waals surface area contributed by atoms with Crippen LogP contribution < -0.4 is 5.32 Å². The van der Waals surface area contributed by atoms with Crippen LogP contribution >= 0.6 is 11.3 Å². The number of aromatic nitrogens is 1. The second-order valence-electron chi connectivity index (χ2n) is 8.72. The van der Waals surface area contributed by atoms with Crippen molar-refractivity contribution < 1.29 is 31.6 Å². The van der Waals surface area contributed by atoms with Crippen LogP contribution in [0.3, 0.4) is 0 Å². The van der Waals surface area contributed by atoms with Gasteiger partial charge in [0.1, 0.15) is 12.1 Å². The Bertz CT molecular complexity index is 1410. The van der Waals surface area contributed by atoms with Gasteiger partial charge in [0.2, 0.25) is 5.89 Å². The molecule has 2 aromatic heterocycles. The first kappa shape index (κ1) is 25.3. The Labute approximate surface area is 207 Å². The highest BCUT2D eigenvalue weighted by molar-refractivity contribution is 7.12. The number of ketones is 1. The molecule has 0 saturated carbocycles. The number of amides is 1. The van der Waals surface area contributed by atoms with Gasteiger partial charge in [-0.3, -0.25) is 9.59 Å². The van der Waals surface area contributed by atoms with Crippen molar-refractivity contribution in [2.75, 3.05) is 6.54 Å². The van der Waals surface area contributed by atoms with Gasteiger partial charge in [-0.05, 0) is 59.0 Å². The smallest absolute Gasteiger partial charge is 0.444 e.